The van der Waals surface area contributed by atoms with Gasteiger partial charge in [-0.25, -0.2) is 9.59 Å². The number of nitrogens with one attached hydrogen (secondary N) is 4. The highest BCUT2D eigenvalue weighted by Crippen LogP contribution is 2.19. The van der Waals surface area contributed by atoms with Crippen molar-refractivity contribution in [3.63, 3.8) is 0 Å². The first-order valence-corrected chi connectivity index (χ1v) is 13.9. The van der Waals surface area contributed by atoms with Gasteiger partial charge in [-0.15, -0.1) is 0 Å². The summed E-state index contributed by atoms with van der Waals surface area (Å²) in [5.74, 6) is -0.898. The molecule has 3 aromatic rings. The monoisotopic (exact) mass is 584 g/mol. The number of benzene rings is 1. The Labute approximate surface area is 243 Å². The summed E-state index contributed by atoms with van der Waals surface area (Å²) in [5, 5.41) is 7.96. The molecule has 1 aromatic carbocycles. The van der Waals surface area contributed by atoms with Gasteiger partial charge in [-0.2, -0.15) is 9.97 Å². The number of urea groups is 1. The van der Waals surface area contributed by atoms with Crippen molar-refractivity contribution >= 4 is 40.5 Å². The molecule has 0 spiro atoms. The predicted octanol–water partition coefficient (Wildman–Crippen LogP) is 0.784. The van der Waals surface area contributed by atoms with Crippen molar-refractivity contribution in [1.82, 2.24) is 30.2 Å². The van der Waals surface area contributed by atoms with E-state index in [1.54, 1.807) is 24.3 Å². The maximum atomic E-state index is 13.1. The molecule has 0 aliphatic rings. The molecule has 2 atom stereocenters. The van der Waals surface area contributed by atoms with Gasteiger partial charge in [0.1, 0.15) is 11.6 Å². The number of ether oxygens (including phenoxy) is 1. The van der Waals surface area contributed by atoms with E-state index >= 15 is 0 Å². The van der Waals surface area contributed by atoms with Crippen LogP contribution >= 0.6 is 0 Å². The molecule has 0 fully saturated rings. The molecular formula is C27H40N10O5. The predicted molar refractivity (Wildman–Crippen MR) is 159 cm³/mol. The second-order valence-corrected chi connectivity index (χ2v) is 10.3. The zero-order valence-electron chi connectivity index (χ0n) is 24.1. The van der Waals surface area contributed by atoms with Crippen LogP contribution in [0.15, 0.2) is 29.1 Å². The number of amides is 4. The molecule has 2 heterocycles. The van der Waals surface area contributed by atoms with Crippen LogP contribution in [0, 0.1) is 5.92 Å². The van der Waals surface area contributed by atoms with Gasteiger partial charge in [0.15, 0.2) is 11.5 Å². The van der Waals surface area contributed by atoms with E-state index in [1.165, 1.54) is 4.57 Å². The fourth-order valence-corrected chi connectivity index (χ4v) is 4.01. The Bertz CT molecular complexity index is 1430. The number of fused-ring (bicyclic) bond motifs is 1. The second-order valence-electron chi connectivity index (χ2n) is 10.3. The van der Waals surface area contributed by atoms with Crippen molar-refractivity contribution in [3.05, 3.63) is 40.3 Å². The van der Waals surface area contributed by atoms with E-state index < -0.39 is 35.6 Å². The molecule has 0 saturated carbocycles. The van der Waals surface area contributed by atoms with Crippen molar-refractivity contribution in [3.8, 4) is 6.01 Å². The molecule has 0 radical (unpaired) electrons. The van der Waals surface area contributed by atoms with E-state index in [1.807, 2.05) is 20.8 Å². The van der Waals surface area contributed by atoms with E-state index in [-0.39, 0.29) is 37.3 Å². The van der Waals surface area contributed by atoms with Crippen LogP contribution in [0.3, 0.4) is 0 Å². The zero-order chi connectivity index (χ0) is 30.8. The third kappa shape index (κ3) is 8.67. The van der Waals surface area contributed by atoms with Gasteiger partial charge < -0.3 is 42.9 Å². The van der Waals surface area contributed by atoms with Crippen molar-refractivity contribution < 1.29 is 19.1 Å². The number of anilines is 2. The number of hydrogen-bond donors (Lipinski definition) is 7. The molecule has 42 heavy (non-hydrogen) atoms. The van der Waals surface area contributed by atoms with Crippen molar-refractivity contribution in [2.24, 2.45) is 17.4 Å². The summed E-state index contributed by atoms with van der Waals surface area (Å²) in [5.41, 5.74) is 18.6. The number of imidazole rings is 1. The molecular weight excluding hydrogens is 544 g/mol. The molecule has 3 rings (SSSR count). The number of hydrogen-bond acceptors (Lipinski definition) is 9. The Morgan fingerprint density at radius 1 is 1.10 bits per heavy atom. The first-order chi connectivity index (χ1) is 20.0. The third-order valence-corrected chi connectivity index (χ3v) is 6.54. The third-order valence-electron chi connectivity index (χ3n) is 6.54. The van der Waals surface area contributed by atoms with Crippen LogP contribution in [0.1, 0.15) is 52.0 Å². The number of rotatable bonds is 15. The van der Waals surface area contributed by atoms with Crippen LogP contribution < -0.4 is 43.6 Å². The fraction of sp³-hybridized carbons (Fsp3) is 0.481. The Hall–Kier alpha value is -4.66. The number of carbonyl (C=O) groups is 3. The van der Waals surface area contributed by atoms with Crippen molar-refractivity contribution in [2.75, 3.05) is 24.2 Å². The topological polar surface area (TPSA) is 238 Å². The lowest BCUT2D eigenvalue weighted by Crippen LogP contribution is -2.51. The number of aromatic nitrogens is 4. The molecule has 2 aromatic heterocycles. The van der Waals surface area contributed by atoms with Gasteiger partial charge in [-0.1, -0.05) is 39.3 Å². The second kappa shape index (κ2) is 14.8. The molecule has 0 aliphatic heterocycles. The molecule has 0 saturated heterocycles. The van der Waals surface area contributed by atoms with Crippen LogP contribution in [0.4, 0.5) is 16.3 Å². The minimum absolute atomic E-state index is 0.0978. The van der Waals surface area contributed by atoms with E-state index in [0.717, 1.165) is 18.4 Å². The van der Waals surface area contributed by atoms with Gasteiger partial charge in [0.25, 0.3) is 0 Å². The highest BCUT2D eigenvalue weighted by molar-refractivity contribution is 5.97. The Morgan fingerprint density at radius 2 is 1.81 bits per heavy atom. The van der Waals surface area contributed by atoms with Crippen LogP contribution in [-0.2, 0) is 16.1 Å². The van der Waals surface area contributed by atoms with E-state index in [2.05, 4.69) is 30.9 Å². The van der Waals surface area contributed by atoms with Crippen LogP contribution in [-0.4, -0.2) is 62.6 Å². The van der Waals surface area contributed by atoms with E-state index in [4.69, 9.17) is 21.9 Å². The Morgan fingerprint density at radius 3 is 2.45 bits per heavy atom. The summed E-state index contributed by atoms with van der Waals surface area (Å²) in [6.07, 6.45) is 2.42. The normalized spacial score (nSPS) is 12.6. The van der Waals surface area contributed by atoms with Crippen LogP contribution in [0.5, 0.6) is 6.01 Å². The minimum Gasteiger partial charge on any atom is -0.463 e. The lowest BCUT2D eigenvalue weighted by molar-refractivity contribution is -0.128. The number of primary amides is 1. The zero-order valence-corrected chi connectivity index (χ0v) is 24.1. The van der Waals surface area contributed by atoms with Gasteiger partial charge >= 0.3 is 17.7 Å². The lowest BCUT2D eigenvalue weighted by Gasteiger charge is -2.22. The van der Waals surface area contributed by atoms with Gasteiger partial charge in [0.05, 0.1) is 19.2 Å². The highest BCUT2D eigenvalue weighted by atomic mass is 16.5. The first kappa shape index (κ1) is 31.9. The Kier molecular flexibility index (Phi) is 11.2. The summed E-state index contributed by atoms with van der Waals surface area (Å²) in [7, 11) is 0. The smallest absolute Gasteiger partial charge is 0.328 e. The average Bonchev–Trinajstić information content (AvgIpc) is 3.26. The number of unbranched alkanes of at least 4 members (excludes halogenated alkanes) is 1. The number of H-pyrrole nitrogens is 1. The molecule has 4 amide bonds. The summed E-state index contributed by atoms with van der Waals surface area (Å²) < 4.78 is 7.01. The molecule has 0 unspecified atom stereocenters. The summed E-state index contributed by atoms with van der Waals surface area (Å²) in [6, 6.07) is 4.63. The van der Waals surface area contributed by atoms with Crippen LogP contribution in [0.2, 0.25) is 0 Å². The number of nitrogen functional groups attached to an aromatic ring is 1. The number of nitrogens with zero attached hydrogens (tertiary/aromatic N) is 3. The number of aromatic amines is 1. The number of nitrogens with two attached hydrogens (primary N) is 3. The molecule has 0 bridgehead atoms. The van der Waals surface area contributed by atoms with E-state index in [0.29, 0.717) is 29.9 Å². The van der Waals surface area contributed by atoms with Crippen molar-refractivity contribution in [2.45, 2.75) is 65.1 Å². The molecule has 228 valence electrons. The molecule has 15 heteroatoms. The average molecular weight is 585 g/mol. The first-order valence-electron chi connectivity index (χ1n) is 13.9. The lowest BCUT2D eigenvalue weighted by atomic mass is 10.0. The molecule has 10 N–H and O–H groups in total. The SMILES string of the molecule is CCCCOc1nc(N)c2[nH]c(=O)n(Cc3ccc(NC(=O)[C@H](CCCNC(N)=O)NC(=O)[C@@H](N)C(C)C)cc3)c2n1. The van der Waals surface area contributed by atoms with Gasteiger partial charge in [0.2, 0.25) is 11.8 Å². The highest BCUT2D eigenvalue weighted by Gasteiger charge is 2.25. The fourth-order valence-electron chi connectivity index (χ4n) is 4.01. The van der Waals surface area contributed by atoms with Crippen molar-refractivity contribution in [1.29, 1.82) is 0 Å². The summed E-state index contributed by atoms with van der Waals surface area (Å²) >= 11 is 0. The standard InChI is InChI=1S/C27H40N10O5/c1-4-5-13-42-26-35-21(29)20-22(36-26)37(27(41)34-20)14-16-8-10-17(11-9-16)32-23(38)18(7-6-12-31-25(30)40)33-24(39)19(28)15(2)3/h8-11,15,18-19H,4-7,12-14,28H2,1-3H3,(H,32,38)(H,33,39)(H,34,41)(H2,29,35,36)(H3,30,31,40)/t18-,19-/m0/s1. The van der Waals surface area contributed by atoms with Gasteiger partial charge in [-0.05, 0) is 42.9 Å². The van der Waals surface area contributed by atoms with E-state index in [9.17, 15) is 19.2 Å². The maximum Gasteiger partial charge on any atom is 0.328 e. The van der Waals surface area contributed by atoms with Gasteiger partial charge in [0, 0.05) is 12.2 Å². The van der Waals surface area contributed by atoms with Gasteiger partial charge in [-0.3, -0.25) is 14.2 Å². The van der Waals surface area contributed by atoms with Crippen LogP contribution in [0.25, 0.3) is 11.2 Å². The number of carbonyl (C=O) groups excluding carboxylic acids is 3. The summed E-state index contributed by atoms with van der Waals surface area (Å²) in [4.78, 5) is 60.5. The quantitative estimate of drug-likeness (QED) is 0.125. The molecule has 0 aliphatic carbocycles. The largest absolute Gasteiger partial charge is 0.463 e. The minimum atomic E-state index is -0.889. The summed E-state index contributed by atoms with van der Waals surface area (Å²) in [6.45, 7) is 6.51. The Balaban J connectivity index is 1.72. The molecule has 15 nitrogen and oxygen atoms in total. The maximum absolute atomic E-state index is 13.1.